The first-order valence-corrected chi connectivity index (χ1v) is 11.2. The predicted octanol–water partition coefficient (Wildman–Crippen LogP) is 0.643. The summed E-state index contributed by atoms with van der Waals surface area (Å²) in [6, 6.07) is 5.07. The summed E-state index contributed by atoms with van der Waals surface area (Å²) in [6.07, 6.45) is 3.83. The molecule has 1 atom stereocenters. The summed E-state index contributed by atoms with van der Waals surface area (Å²) in [4.78, 5) is 31.3. The van der Waals surface area contributed by atoms with Crippen LogP contribution in [0, 0.1) is 0 Å². The molecule has 3 aromatic rings. The molecule has 3 aromatic heterocycles. The average Bonchev–Trinajstić information content (AvgIpc) is 3.61. The third kappa shape index (κ3) is 4.00. The summed E-state index contributed by atoms with van der Waals surface area (Å²) in [7, 11) is 1.54. The monoisotopic (exact) mass is 466 g/mol. The zero-order chi connectivity index (χ0) is 23.7. The molecule has 0 bridgehead atoms. The quantitative estimate of drug-likeness (QED) is 0.560. The second-order valence-electron chi connectivity index (χ2n) is 8.39. The van der Waals surface area contributed by atoms with Crippen molar-refractivity contribution in [2.45, 2.75) is 45.2 Å². The summed E-state index contributed by atoms with van der Waals surface area (Å²) < 4.78 is 14.8. The molecule has 0 radical (unpaired) electrons. The molecule has 1 unspecified atom stereocenters. The third-order valence-corrected chi connectivity index (χ3v) is 6.33. The van der Waals surface area contributed by atoms with Gasteiger partial charge in [0.15, 0.2) is 0 Å². The van der Waals surface area contributed by atoms with Crippen molar-refractivity contribution in [3.8, 4) is 5.88 Å². The van der Waals surface area contributed by atoms with Crippen LogP contribution in [0.15, 0.2) is 30.6 Å². The number of methoxy groups -OCH3 is 1. The van der Waals surface area contributed by atoms with E-state index in [1.54, 1.807) is 34.0 Å². The molecule has 0 aromatic carbocycles. The highest BCUT2D eigenvalue weighted by molar-refractivity contribution is 5.94. The predicted molar refractivity (Wildman–Crippen MR) is 118 cm³/mol. The fourth-order valence-corrected chi connectivity index (χ4v) is 4.44. The van der Waals surface area contributed by atoms with E-state index in [0.717, 1.165) is 5.69 Å². The molecule has 1 spiro atoms. The zero-order valence-corrected chi connectivity index (χ0v) is 19.1. The standard InChI is InChI=1S/C22H26N8O4/c1-3-29-17(6-8-25-29)20(31)24-11-16-18-12-34-22(14-30(18)27-26-16)7-9-28(13-22)21(32)15-4-5-19(33-2)23-10-15/h4-6,8,10H,3,7,9,11-14H2,1-2H3,(H,24,31). The molecule has 34 heavy (non-hydrogen) atoms. The Balaban J connectivity index is 1.22. The highest BCUT2D eigenvalue weighted by Gasteiger charge is 2.45. The van der Waals surface area contributed by atoms with Crippen molar-refractivity contribution >= 4 is 11.8 Å². The van der Waals surface area contributed by atoms with Crippen LogP contribution in [0.2, 0.25) is 0 Å². The van der Waals surface area contributed by atoms with Crippen LogP contribution in [0.25, 0.3) is 0 Å². The number of carbonyl (C=O) groups excluding carboxylic acids is 2. The summed E-state index contributed by atoms with van der Waals surface area (Å²) >= 11 is 0. The first-order valence-electron chi connectivity index (χ1n) is 11.2. The van der Waals surface area contributed by atoms with Gasteiger partial charge < -0.3 is 19.7 Å². The number of nitrogens with zero attached hydrogens (tertiary/aromatic N) is 7. The van der Waals surface area contributed by atoms with Gasteiger partial charge in [-0.1, -0.05) is 5.21 Å². The van der Waals surface area contributed by atoms with Gasteiger partial charge >= 0.3 is 0 Å². The van der Waals surface area contributed by atoms with Crippen molar-refractivity contribution < 1.29 is 19.1 Å². The number of nitrogens with one attached hydrogen (secondary N) is 1. The van der Waals surface area contributed by atoms with Gasteiger partial charge in [0.1, 0.15) is 17.0 Å². The van der Waals surface area contributed by atoms with E-state index in [0.29, 0.717) is 62.0 Å². The number of pyridine rings is 1. The average molecular weight is 467 g/mol. The van der Waals surface area contributed by atoms with Gasteiger partial charge in [-0.25, -0.2) is 9.67 Å². The number of carbonyl (C=O) groups is 2. The normalized spacial score (nSPS) is 19.3. The Morgan fingerprint density at radius 1 is 1.26 bits per heavy atom. The number of fused-ring (bicyclic) bond motifs is 1. The number of hydrogen-bond donors (Lipinski definition) is 1. The van der Waals surface area contributed by atoms with E-state index in [1.807, 2.05) is 11.6 Å². The van der Waals surface area contributed by atoms with Crippen molar-refractivity contribution in [1.82, 2.24) is 40.0 Å². The van der Waals surface area contributed by atoms with Crippen LogP contribution in [-0.4, -0.2) is 72.3 Å². The third-order valence-electron chi connectivity index (χ3n) is 6.33. The summed E-state index contributed by atoms with van der Waals surface area (Å²) in [5.74, 6) is 0.161. The van der Waals surface area contributed by atoms with Crippen molar-refractivity contribution in [3.05, 3.63) is 53.2 Å². The second-order valence-corrected chi connectivity index (χ2v) is 8.39. The molecule has 1 saturated heterocycles. The van der Waals surface area contributed by atoms with Crippen LogP contribution in [0.4, 0.5) is 0 Å². The molecule has 178 valence electrons. The summed E-state index contributed by atoms with van der Waals surface area (Å²) in [5, 5.41) is 15.6. The van der Waals surface area contributed by atoms with Gasteiger partial charge in [0.25, 0.3) is 11.8 Å². The van der Waals surface area contributed by atoms with Gasteiger partial charge in [-0.15, -0.1) is 5.10 Å². The van der Waals surface area contributed by atoms with Crippen LogP contribution < -0.4 is 10.1 Å². The van der Waals surface area contributed by atoms with E-state index in [2.05, 4.69) is 25.7 Å². The zero-order valence-electron chi connectivity index (χ0n) is 19.1. The number of hydrogen-bond acceptors (Lipinski definition) is 8. The molecule has 0 aliphatic carbocycles. The fraction of sp³-hybridized carbons (Fsp3) is 0.455. The summed E-state index contributed by atoms with van der Waals surface area (Å²) in [6.45, 7) is 4.65. The van der Waals surface area contributed by atoms with Crippen LogP contribution in [0.5, 0.6) is 5.88 Å². The molecule has 2 amide bonds. The maximum Gasteiger partial charge on any atom is 0.269 e. The first kappa shape index (κ1) is 22.0. The van der Waals surface area contributed by atoms with E-state index < -0.39 is 5.60 Å². The SMILES string of the molecule is CCn1nccc1C(=O)NCc1nnn2c1COC1(CCN(C(=O)c3ccc(OC)nc3)C1)C2. The number of amides is 2. The second kappa shape index (κ2) is 8.86. The maximum absolute atomic E-state index is 12.9. The Kier molecular flexibility index (Phi) is 5.74. The Bertz CT molecular complexity index is 1200. The number of aryl methyl sites for hydroxylation is 1. The van der Waals surface area contributed by atoms with Gasteiger partial charge in [-0.05, 0) is 25.5 Å². The van der Waals surface area contributed by atoms with Crippen molar-refractivity contribution in [2.24, 2.45) is 0 Å². The lowest BCUT2D eigenvalue weighted by atomic mass is 10.0. The van der Waals surface area contributed by atoms with Crippen molar-refractivity contribution in [2.75, 3.05) is 20.2 Å². The molecule has 2 aliphatic rings. The summed E-state index contributed by atoms with van der Waals surface area (Å²) in [5.41, 5.74) is 2.00. The Morgan fingerprint density at radius 2 is 2.15 bits per heavy atom. The van der Waals surface area contributed by atoms with E-state index in [9.17, 15) is 9.59 Å². The molecular formula is C22H26N8O4. The van der Waals surface area contributed by atoms with E-state index >= 15 is 0 Å². The van der Waals surface area contributed by atoms with Gasteiger partial charge in [-0.3, -0.25) is 14.3 Å². The molecule has 5 rings (SSSR count). The smallest absolute Gasteiger partial charge is 0.269 e. The highest BCUT2D eigenvalue weighted by atomic mass is 16.5. The first-order chi connectivity index (χ1) is 16.5. The highest BCUT2D eigenvalue weighted by Crippen LogP contribution is 2.33. The van der Waals surface area contributed by atoms with Gasteiger partial charge in [-0.2, -0.15) is 5.10 Å². The molecule has 1 N–H and O–H groups in total. The molecule has 1 fully saturated rings. The lowest BCUT2D eigenvalue weighted by Crippen LogP contribution is -2.45. The van der Waals surface area contributed by atoms with E-state index in [1.165, 1.54) is 13.3 Å². The van der Waals surface area contributed by atoms with Crippen LogP contribution in [0.1, 0.15) is 45.6 Å². The van der Waals surface area contributed by atoms with Gasteiger partial charge in [0.2, 0.25) is 5.88 Å². The molecule has 0 saturated carbocycles. The van der Waals surface area contributed by atoms with E-state index in [-0.39, 0.29) is 18.4 Å². The number of ether oxygens (including phenoxy) is 2. The van der Waals surface area contributed by atoms with E-state index in [4.69, 9.17) is 9.47 Å². The molecule has 12 heteroatoms. The number of rotatable bonds is 6. The lowest BCUT2D eigenvalue weighted by molar-refractivity contribution is -0.0828. The largest absolute Gasteiger partial charge is 0.481 e. The number of aromatic nitrogens is 6. The Labute approximate surface area is 195 Å². The molecule has 5 heterocycles. The Morgan fingerprint density at radius 3 is 2.91 bits per heavy atom. The molecule has 12 nitrogen and oxygen atoms in total. The van der Waals surface area contributed by atoms with Crippen LogP contribution >= 0.6 is 0 Å². The van der Waals surface area contributed by atoms with Crippen LogP contribution in [-0.2, 0) is 31.0 Å². The van der Waals surface area contributed by atoms with Crippen molar-refractivity contribution in [1.29, 1.82) is 0 Å². The van der Waals surface area contributed by atoms with Crippen molar-refractivity contribution in [3.63, 3.8) is 0 Å². The topological polar surface area (TPSA) is 129 Å². The Hall–Kier alpha value is -3.80. The minimum atomic E-state index is -0.510. The van der Waals surface area contributed by atoms with Gasteiger partial charge in [0, 0.05) is 31.5 Å². The maximum atomic E-state index is 12.9. The minimum Gasteiger partial charge on any atom is -0.481 e. The van der Waals surface area contributed by atoms with Gasteiger partial charge in [0.05, 0.1) is 44.6 Å². The molecular weight excluding hydrogens is 440 g/mol. The minimum absolute atomic E-state index is 0.0882. The lowest BCUT2D eigenvalue weighted by Gasteiger charge is -2.34. The molecule has 2 aliphatic heterocycles. The fourth-order valence-electron chi connectivity index (χ4n) is 4.44. The number of likely N-dealkylation sites (tertiary alicyclic amines) is 1. The van der Waals surface area contributed by atoms with Crippen LogP contribution in [0.3, 0.4) is 0 Å².